The van der Waals surface area contributed by atoms with Gasteiger partial charge in [0, 0.05) is 38.4 Å². The highest BCUT2D eigenvalue weighted by molar-refractivity contribution is 6.30. The topological polar surface area (TPSA) is 120 Å². The largest absolute Gasteiger partial charge is 0.354 e. The number of nitrogens with one attached hydrogen (secondary N) is 2. The van der Waals surface area contributed by atoms with Crippen molar-refractivity contribution >= 4 is 47.1 Å². The molecule has 1 aliphatic rings. The maximum Gasteiger partial charge on any atom is 0.275 e. The van der Waals surface area contributed by atoms with Gasteiger partial charge in [-0.1, -0.05) is 11.6 Å². The van der Waals surface area contributed by atoms with Crippen LogP contribution in [0.3, 0.4) is 0 Å². The summed E-state index contributed by atoms with van der Waals surface area (Å²) >= 11 is 5.77. The fraction of sp³-hybridized carbons (Fsp3) is 0.217. The summed E-state index contributed by atoms with van der Waals surface area (Å²) in [5.41, 5.74) is -0.691. The van der Waals surface area contributed by atoms with Crippen molar-refractivity contribution in [1.29, 1.82) is 0 Å². The Labute approximate surface area is 209 Å². The van der Waals surface area contributed by atoms with E-state index in [1.807, 2.05) is 4.90 Å². The first-order chi connectivity index (χ1) is 17.3. The number of benzene rings is 1. The lowest BCUT2D eigenvalue weighted by molar-refractivity contribution is -0.117. The van der Waals surface area contributed by atoms with E-state index in [1.165, 1.54) is 30.7 Å². The molecule has 186 valence electrons. The van der Waals surface area contributed by atoms with Crippen LogP contribution < -0.4 is 15.5 Å². The van der Waals surface area contributed by atoms with E-state index in [1.54, 1.807) is 4.90 Å². The van der Waals surface area contributed by atoms with Crippen LogP contribution in [0.15, 0.2) is 42.9 Å². The van der Waals surface area contributed by atoms with Crippen LogP contribution in [0.1, 0.15) is 27.3 Å². The Kier molecular flexibility index (Phi) is 7.64. The molecule has 0 spiro atoms. The first-order valence-electron chi connectivity index (χ1n) is 10.8. The van der Waals surface area contributed by atoms with Crippen molar-refractivity contribution in [2.45, 2.75) is 6.42 Å². The van der Waals surface area contributed by atoms with Crippen molar-refractivity contribution in [3.05, 3.63) is 70.8 Å². The first-order valence-corrected chi connectivity index (χ1v) is 11.2. The zero-order valence-electron chi connectivity index (χ0n) is 18.7. The van der Waals surface area contributed by atoms with E-state index >= 15 is 0 Å². The van der Waals surface area contributed by atoms with E-state index in [2.05, 4.69) is 25.6 Å². The van der Waals surface area contributed by atoms with Crippen molar-refractivity contribution < 1.29 is 23.2 Å². The molecule has 0 atom stereocenters. The number of nitrogens with zero attached hydrogens (tertiary/aromatic N) is 5. The van der Waals surface area contributed by atoms with Crippen molar-refractivity contribution in [3.63, 3.8) is 0 Å². The molecule has 2 N–H and O–H groups in total. The van der Waals surface area contributed by atoms with Gasteiger partial charge in [0.15, 0.2) is 11.6 Å². The van der Waals surface area contributed by atoms with Gasteiger partial charge < -0.3 is 20.4 Å². The minimum absolute atomic E-state index is 0.0986. The monoisotopic (exact) mass is 515 g/mol. The van der Waals surface area contributed by atoms with E-state index < -0.39 is 23.4 Å². The molecule has 36 heavy (non-hydrogen) atoms. The minimum atomic E-state index is -1.27. The predicted octanol–water partition coefficient (Wildman–Crippen LogP) is 2.98. The van der Waals surface area contributed by atoms with Crippen molar-refractivity contribution in [1.82, 2.24) is 19.9 Å². The smallest absolute Gasteiger partial charge is 0.275 e. The number of carbonyl (C=O) groups excluding carboxylic acids is 3. The second-order valence-electron chi connectivity index (χ2n) is 7.82. The molecular formula is C23H20ClF2N7O3. The molecule has 0 aliphatic carbocycles. The second-order valence-corrected chi connectivity index (χ2v) is 8.26. The summed E-state index contributed by atoms with van der Waals surface area (Å²) in [6, 6.07) is 4.29. The average Bonchev–Trinajstić information content (AvgIpc) is 3.13. The van der Waals surface area contributed by atoms with Gasteiger partial charge in [-0.05, 0) is 24.6 Å². The Morgan fingerprint density at radius 2 is 1.72 bits per heavy atom. The Bertz CT molecular complexity index is 1280. The zero-order chi connectivity index (χ0) is 25.7. The SMILES string of the molecule is O=CN1CCCN(c2cnc(C(=O)Nc3cc(F)c(F)cc3C(=O)Nc3ccc(Cl)cn3)cn2)CC1. The number of aromatic nitrogens is 3. The van der Waals surface area contributed by atoms with E-state index in [9.17, 15) is 23.2 Å². The van der Waals surface area contributed by atoms with Gasteiger partial charge in [-0.15, -0.1) is 0 Å². The van der Waals surface area contributed by atoms with Gasteiger partial charge in [-0.25, -0.2) is 23.7 Å². The van der Waals surface area contributed by atoms with Crippen molar-refractivity contribution in [2.24, 2.45) is 0 Å². The molecule has 0 saturated carbocycles. The van der Waals surface area contributed by atoms with Crippen LogP contribution in [0.2, 0.25) is 5.02 Å². The van der Waals surface area contributed by atoms with E-state index in [4.69, 9.17) is 11.6 Å². The van der Waals surface area contributed by atoms with Crippen LogP contribution in [0.4, 0.5) is 26.1 Å². The number of hydrogen-bond donors (Lipinski definition) is 2. The number of rotatable bonds is 6. The van der Waals surface area contributed by atoms with E-state index in [0.29, 0.717) is 49.2 Å². The molecule has 13 heteroatoms. The Morgan fingerprint density at radius 1 is 0.917 bits per heavy atom. The van der Waals surface area contributed by atoms with Gasteiger partial charge in [0.1, 0.15) is 17.3 Å². The normalized spacial score (nSPS) is 13.6. The molecular weight excluding hydrogens is 496 g/mol. The summed E-state index contributed by atoms with van der Waals surface area (Å²) in [5.74, 6) is -3.47. The Hall–Kier alpha value is -4.19. The van der Waals surface area contributed by atoms with Crippen molar-refractivity contribution in [3.8, 4) is 0 Å². The highest BCUT2D eigenvalue weighted by Crippen LogP contribution is 2.23. The third-order valence-electron chi connectivity index (χ3n) is 5.40. The van der Waals surface area contributed by atoms with Crippen LogP contribution in [-0.2, 0) is 4.79 Å². The van der Waals surface area contributed by atoms with Gasteiger partial charge in [-0.2, -0.15) is 0 Å². The summed E-state index contributed by atoms with van der Waals surface area (Å²) in [5, 5.41) is 5.16. The van der Waals surface area contributed by atoms with E-state index in [0.717, 1.165) is 12.8 Å². The number of halogens is 3. The summed E-state index contributed by atoms with van der Waals surface area (Å²) in [6.45, 7) is 2.42. The molecule has 10 nitrogen and oxygen atoms in total. The second kappa shape index (κ2) is 11.0. The summed E-state index contributed by atoms with van der Waals surface area (Å²) in [4.78, 5) is 52.4. The summed E-state index contributed by atoms with van der Waals surface area (Å²) in [6.07, 6.45) is 5.52. The molecule has 4 rings (SSSR count). The highest BCUT2D eigenvalue weighted by Gasteiger charge is 2.21. The zero-order valence-corrected chi connectivity index (χ0v) is 19.5. The number of pyridine rings is 1. The maximum atomic E-state index is 13.9. The molecule has 0 unspecified atom stereocenters. The molecule has 2 aromatic heterocycles. The molecule has 3 heterocycles. The van der Waals surface area contributed by atoms with Crippen LogP contribution in [0.5, 0.6) is 0 Å². The lowest BCUT2D eigenvalue weighted by Gasteiger charge is -2.21. The quantitative estimate of drug-likeness (QED) is 0.484. The van der Waals surface area contributed by atoms with Gasteiger partial charge in [0.25, 0.3) is 11.8 Å². The molecule has 3 aromatic rings. The first kappa shape index (κ1) is 24.9. The maximum absolute atomic E-state index is 13.9. The van der Waals surface area contributed by atoms with Gasteiger partial charge in [0.05, 0.1) is 28.7 Å². The summed E-state index contributed by atoms with van der Waals surface area (Å²) < 4.78 is 27.9. The van der Waals surface area contributed by atoms with Crippen LogP contribution in [0.25, 0.3) is 0 Å². The molecule has 0 radical (unpaired) electrons. The molecule has 0 bridgehead atoms. The molecule has 1 aliphatic heterocycles. The van der Waals surface area contributed by atoms with Crippen LogP contribution in [0, 0.1) is 11.6 Å². The third kappa shape index (κ3) is 5.89. The standard InChI is InChI=1S/C23H20ClF2N7O3/c24-14-2-3-20(28-10-14)31-22(35)15-8-16(25)17(26)9-18(15)30-23(36)19-11-29-21(12-27-19)33-5-1-4-32(13-34)6-7-33/h2-3,8-13H,1,4-7H2,(H,30,36)(H,28,31,35). The van der Waals surface area contributed by atoms with Crippen LogP contribution >= 0.6 is 11.6 Å². The minimum Gasteiger partial charge on any atom is -0.354 e. The number of carbonyl (C=O) groups is 3. The molecule has 1 aromatic carbocycles. The third-order valence-corrected chi connectivity index (χ3v) is 5.62. The summed E-state index contributed by atoms with van der Waals surface area (Å²) in [7, 11) is 0. The lowest BCUT2D eigenvalue weighted by Crippen LogP contribution is -2.30. The number of hydrogen-bond acceptors (Lipinski definition) is 7. The molecule has 1 fully saturated rings. The Balaban J connectivity index is 1.49. The lowest BCUT2D eigenvalue weighted by atomic mass is 10.1. The van der Waals surface area contributed by atoms with Crippen LogP contribution in [-0.4, -0.2) is 64.3 Å². The van der Waals surface area contributed by atoms with E-state index in [-0.39, 0.29) is 22.8 Å². The fourth-order valence-electron chi connectivity index (χ4n) is 3.53. The Morgan fingerprint density at radius 3 is 2.42 bits per heavy atom. The number of anilines is 3. The number of amides is 3. The van der Waals surface area contributed by atoms with Gasteiger partial charge in [0.2, 0.25) is 6.41 Å². The highest BCUT2D eigenvalue weighted by atomic mass is 35.5. The van der Waals surface area contributed by atoms with Crippen molar-refractivity contribution in [2.75, 3.05) is 41.7 Å². The molecule has 3 amide bonds. The van der Waals surface area contributed by atoms with Gasteiger partial charge in [-0.3, -0.25) is 14.4 Å². The average molecular weight is 516 g/mol. The molecule has 1 saturated heterocycles. The predicted molar refractivity (Wildman–Crippen MR) is 128 cm³/mol. The van der Waals surface area contributed by atoms with Gasteiger partial charge >= 0.3 is 0 Å². The fourth-order valence-corrected chi connectivity index (χ4v) is 3.64.